The molecule has 0 heterocycles. The largest absolute Gasteiger partial charge is 0.490 e. The SMILES string of the molecule is CCCC[C@@](C)(OC)C(=O)Nc1cc(C)c(O[C@@H](C)CC)c(C)c1. The van der Waals surface area contributed by atoms with Crippen molar-refractivity contribution < 1.29 is 14.3 Å². The molecular formula is C20H33NO3. The highest BCUT2D eigenvalue weighted by atomic mass is 16.5. The van der Waals surface area contributed by atoms with Gasteiger partial charge >= 0.3 is 0 Å². The van der Waals surface area contributed by atoms with Gasteiger partial charge in [0, 0.05) is 12.8 Å². The highest BCUT2D eigenvalue weighted by Crippen LogP contribution is 2.29. The molecule has 1 aromatic carbocycles. The molecule has 0 spiro atoms. The lowest BCUT2D eigenvalue weighted by Crippen LogP contribution is -2.42. The molecule has 0 radical (unpaired) electrons. The fourth-order valence-corrected chi connectivity index (χ4v) is 2.58. The van der Waals surface area contributed by atoms with Crippen molar-refractivity contribution in [3.05, 3.63) is 23.3 Å². The highest BCUT2D eigenvalue weighted by molar-refractivity contribution is 5.97. The minimum absolute atomic E-state index is 0.104. The first-order valence-corrected chi connectivity index (χ1v) is 8.91. The van der Waals surface area contributed by atoms with Crippen LogP contribution in [0.2, 0.25) is 0 Å². The van der Waals surface area contributed by atoms with Gasteiger partial charge in [0.2, 0.25) is 0 Å². The smallest absolute Gasteiger partial charge is 0.256 e. The summed E-state index contributed by atoms with van der Waals surface area (Å²) < 4.78 is 11.5. The Kier molecular flexibility index (Phi) is 7.74. The number of amides is 1. The van der Waals surface area contributed by atoms with Gasteiger partial charge in [-0.25, -0.2) is 0 Å². The second-order valence-corrected chi connectivity index (χ2v) is 6.77. The van der Waals surface area contributed by atoms with Crippen LogP contribution in [0.3, 0.4) is 0 Å². The summed E-state index contributed by atoms with van der Waals surface area (Å²) in [6, 6.07) is 3.91. The third kappa shape index (κ3) is 5.23. The molecule has 0 unspecified atom stereocenters. The van der Waals surface area contributed by atoms with Crippen molar-refractivity contribution >= 4 is 11.6 Å². The van der Waals surface area contributed by atoms with Crippen LogP contribution in [0.4, 0.5) is 5.69 Å². The first kappa shape index (κ1) is 20.5. The molecule has 0 bridgehead atoms. The van der Waals surface area contributed by atoms with E-state index in [0.29, 0.717) is 6.42 Å². The third-order valence-corrected chi connectivity index (χ3v) is 4.55. The summed E-state index contributed by atoms with van der Waals surface area (Å²) in [6.45, 7) is 12.1. The third-order valence-electron chi connectivity index (χ3n) is 4.55. The predicted molar refractivity (Wildman–Crippen MR) is 99.9 cm³/mol. The van der Waals surface area contributed by atoms with E-state index in [4.69, 9.17) is 9.47 Å². The van der Waals surface area contributed by atoms with Gasteiger partial charge in [-0.1, -0.05) is 26.7 Å². The van der Waals surface area contributed by atoms with Gasteiger partial charge in [0.15, 0.2) is 0 Å². The van der Waals surface area contributed by atoms with Crippen molar-refractivity contribution in [3.63, 3.8) is 0 Å². The Balaban J connectivity index is 2.94. The molecule has 1 rings (SSSR count). The molecular weight excluding hydrogens is 302 g/mol. The van der Waals surface area contributed by atoms with Crippen LogP contribution >= 0.6 is 0 Å². The summed E-state index contributed by atoms with van der Waals surface area (Å²) in [5.41, 5.74) is 2.03. The number of aryl methyl sites for hydroxylation is 2. The van der Waals surface area contributed by atoms with Crippen molar-refractivity contribution in [2.45, 2.75) is 78.9 Å². The summed E-state index contributed by atoms with van der Waals surface area (Å²) in [7, 11) is 1.59. The molecule has 0 aliphatic heterocycles. The quantitative estimate of drug-likeness (QED) is 0.689. The summed E-state index contributed by atoms with van der Waals surface area (Å²) in [5.74, 6) is 0.802. The normalized spacial score (nSPS) is 14.8. The summed E-state index contributed by atoms with van der Waals surface area (Å²) in [4.78, 5) is 12.6. The zero-order valence-corrected chi connectivity index (χ0v) is 16.3. The zero-order chi connectivity index (χ0) is 18.3. The summed E-state index contributed by atoms with van der Waals surface area (Å²) >= 11 is 0. The zero-order valence-electron chi connectivity index (χ0n) is 16.3. The van der Waals surface area contributed by atoms with Crippen LogP contribution in [0.5, 0.6) is 5.75 Å². The van der Waals surface area contributed by atoms with Crippen LogP contribution in [-0.4, -0.2) is 24.7 Å². The Bertz CT molecular complexity index is 533. The highest BCUT2D eigenvalue weighted by Gasteiger charge is 2.32. The molecule has 1 aromatic rings. The first-order chi connectivity index (χ1) is 11.3. The molecule has 0 saturated carbocycles. The Labute approximate surface area is 146 Å². The van der Waals surface area contributed by atoms with Gasteiger partial charge in [-0.2, -0.15) is 0 Å². The lowest BCUT2D eigenvalue weighted by Gasteiger charge is -2.27. The van der Waals surface area contributed by atoms with Gasteiger partial charge in [0.1, 0.15) is 11.4 Å². The van der Waals surface area contributed by atoms with E-state index in [0.717, 1.165) is 41.8 Å². The van der Waals surface area contributed by atoms with Crippen molar-refractivity contribution in [2.75, 3.05) is 12.4 Å². The summed E-state index contributed by atoms with van der Waals surface area (Å²) in [5, 5.41) is 3.00. The Morgan fingerprint density at radius 3 is 2.29 bits per heavy atom. The number of hydrogen-bond donors (Lipinski definition) is 1. The minimum atomic E-state index is -0.802. The van der Waals surface area contributed by atoms with Crippen molar-refractivity contribution in [1.29, 1.82) is 0 Å². The van der Waals surface area contributed by atoms with Crippen molar-refractivity contribution in [1.82, 2.24) is 0 Å². The van der Waals surface area contributed by atoms with Gasteiger partial charge in [0.05, 0.1) is 6.10 Å². The molecule has 1 amide bonds. The number of unbranched alkanes of at least 4 members (excludes halogenated alkanes) is 1. The monoisotopic (exact) mass is 335 g/mol. The van der Waals surface area contributed by atoms with E-state index in [-0.39, 0.29) is 12.0 Å². The number of benzene rings is 1. The number of ether oxygens (including phenoxy) is 2. The molecule has 136 valence electrons. The molecule has 0 aliphatic rings. The van der Waals surface area contributed by atoms with Crippen LogP contribution in [0.15, 0.2) is 12.1 Å². The maximum atomic E-state index is 12.6. The molecule has 0 saturated heterocycles. The maximum Gasteiger partial charge on any atom is 0.256 e. The Morgan fingerprint density at radius 2 is 1.83 bits per heavy atom. The lowest BCUT2D eigenvalue weighted by molar-refractivity contribution is -0.136. The van der Waals surface area contributed by atoms with Crippen LogP contribution < -0.4 is 10.1 Å². The number of hydrogen-bond acceptors (Lipinski definition) is 3. The van der Waals surface area contributed by atoms with Crippen molar-refractivity contribution in [2.24, 2.45) is 0 Å². The average Bonchev–Trinajstić information content (AvgIpc) is 2.55. The minimum Gasteiger partial charge on any atom is -0.490 e. The number of rotatable bonds is 9. The molecule has 1 N–H and O–H groups in total. The van der Waals surface area contributed by atoms with Crippen LogP contribution in [0, 0.1) is 13.8 Å². The Hall–Kier alpha value is -1.55. The number of nitrogens with one attached hydrogen (secondary N) is 1. The maximum absolute atomic E-state index is 12.6. The molecule has 0 aliphatic carbocycles. The van der Waals surface area contributed by atoms with Crippen LogP contribution in [0.1, 0.15) is 64.5 Å². The van der Waals surface area contributed by atoms with E-state index in [1.54, 1.807) is 7.11 Å². The topological polar surface area (TPSA) is 47.6 Å². The van der Waals surface area contributed by atoms with Gasteiger partial charge < -0.3 is 14.8 Å². The van der Waals surface area contributed by atoms with Gasteiger partial charge in [-0.3, -0.25) is 4.79 Å². The molecule has 0 fully saturated rings. The Morgan fingerprint density at radius 1 is 1.25 bits per heavy atom. The molecule has 4 nitrogen and oxygen atoms in total. The number of anilines is 1. The van der Waals surface area contributed by atoms with Gasteiger partial charge in [-0.15, -0.1) is 0 Å². The molecule has 2 atom stereocenters. The van der Waals surface area contributed by atoms with Gasteiger partial charge in [0.25, 0.3) is 5.91 Å². The second-order valence-electron chi connectivity index (χ2n) is 6.77. The van der Waals surface area contributed by atoms with Crippen molar-refractivity contribution in [3.8, 4) is 5.75 Å². The number of carbonyl (C=O) groups is 1. The van der Waals surface area contributed by atoms with Crippen LogP contribution in [0.25, 0.3) is 0 Å². The first-order valence-electron chi connectivity index (χ1n) is 8.91. The average molecular weight is 335 g/mol. The predicted octanol–water partition coefficient (Wildman–Crippen LogP) is 5.01. The number of methoxy groups -OCH3 is 1. The van der Waals surface area contributed by atoms with E-state index in [1.807, 2.05) is 32.9 Å². The van der Waals surface area contributed by atoms with Crippen LogP contribution in [-0.2, 0) is 9.53 Å². The van der Waals surface area contributed by atoms with E-state index >= 15 is 0 Å². The molecule has 24 heavy (non-hydrogen) atoms. The van der Waals surface area contributed by atoms with E-state index in [1.165, 1.54) is 0 Å². The lowest BCUT2D eigenvalue weighted by atomic mass is 9.97. The van der Waals surface area contributed by atoms with E-state index in [9.17, 15) is 4.79 Å². The standard InChI is InChI=1S/C20H33NO3/c1-8-10-11-20(6,23-7)19(22)21-17-12-14(3)18(15(4)13-17)24-16(5)9-2/h12-13,16H,8-11H2,1-7H3,(H,21,22)/t16-,20+/m0/s1. The molecule has 0 aromatic heterocycles. The second kappa shape index (κ2) is 9.07. The summed E-state index contributed by atoms with van der Waals surface area (Å²) in [6.07, 6.45) is 3.83. The number of carbonyl (C=O) groups excluding carboxylic acids is 1. The van der Waals surface area contributed by atoms with Gasteiger partial charge in [-0.05, 0) is 63.8 Å². The fraction of sp³-hybridized carbons (Fsp3) is 0.650. The molecule has 4 heteroatoms. The van der Waals surface area contributed by atoms with E-state index in [2.05, 4.69) is 26.1 Å². The van der Waals surface area contributed by atoms with E-state index < -0.39 is 5.60 Å². The fourth-order valence-electron chi connectivity index (χ4n) is 2.58.